The highest BCUT2D eigenvalue weighted by Crippen LogP contribution is 2.21. The number of methoxy groups -OCH3 is 1. The number of fused-ring (bicyclic) bond motifs is 1. The first kappa shape index (κ1) is 17.1. The highest BCUT2D eigenvalue weighted by atomic mass is 32.1. The highest BCUT2D eigenvalue weighted by molar-refractivity contribution is 7.16. The third kappa shape index (κ3) is 4.66. The summed E-state index contributed by atoms with van der Waals surface area (Å²) in [4.78, 5) is 18.8. The lowest BCUT2D eigenvalue weighted by Gasteiger charge is -2.16. The van der Waals surface area contributed by atoms with Crippen LogP contribution in [0, 0.1) is 5.92 Å². The van der Waals surface area contributed by atoms with Crippen molar-refractivity contribution in [1.82, 2.24) is 15.2 Å². The third-order valence-electron chi connectivity index (χ3n) is 4.33. The molecule has 0 radical (unpaired) electrons. The molecule has 2 N–H and O–H groups in total. The number of nitrogens with zero attached hydrogens (tertiary/aromatic N) is 2. The number of likely N-dealkylation sites (tertiary alicyclic amines) is 1. The van der Waals surface area contributed by atoms with Crippen LogP contribution in [-0.4, -0.2) is 55.8 Å². The number of thiazole rings is 1. The molecule has 0 bridgehead atoms. The molecule has 1 aliphatic heterocycles. The van der Waals surface area contributed by atoms with Crippen LogP contribution >= 0.6 is 11.3 Å². The Morgan fingerprint density at radius 2 is 2.42 bits per heavy atom. The van der Waals surface area contributed by atoms with Crippen molar-refractivity contribution in [3.05, 3.63) is 23.7 Å². The number of ether oxygens (including phenoxy) is 1. The molecule has 3 rings (SSSR count). The van der Waals surface area contributed by atoms with Crippen molar-refractivity contribution in [3.8, 4) is 0 Å². The Balaban J connectivity index is 1.39. The molecule has 1 aliphatic rings. The molecule has 0 spiro atoms. The third-order valence-corrected chi connectivity index (χ3v) is 5.14. The van der Waals surface area contributed by atoms with Crippen molar-refractivity contribution >= 4 is 33.3 Å². The predicted molar refractivity (Wildman–Crippen MR) is 97.7 cm³/mol. The van der Waals surface area contributed by atoms with Crippen molar-refractivity contribution in [2.75, 3.05) is 45.2 Å². The van der Waals surface area contributed by atoms with Gasteiger partial charge in [-0.2, -0.15) is 0 Å². The van der Waals surface area contributed by atoms with Crippen LogP contribution in [0.15, 0.2) is 23.7 Å². The first-order valence-electron chi connectivity index (χ1n) is 8.34. The first-order chi connectivity index (χ1) is 11.7. The van der Waals surface area contributed by atoms with E-state index in [0.29, 0.717) is 12.5 Å². The van der Waals surface area contributed by atoms with E-state index >= 15 is 0 Å². The fourth-order valence-corrected chi connectivity index (χ4v) is 3.72. The van der Waals surface area contributed by atoms with Gasteiger partial charge in [0.25, 0.3) is 0 Å². The number of nitrogens with one attached hydrogen (secondary N) is 2. The Labute approximate surface area is 146 Å². The average molecular weight is 348 g/mol. The zero-order valence-corrected chi connectivity index (χ0v) is 14.8. The van der Waals surface area contributed by atoms with E-state index in [4.69, 9.17) is 4.74 Å². The molecular weight excluding hydrogens is 324 g/mol. The number of rotatable bonds is 7. The number of anilines is 1. The number of carbonyl (C=O) groups is 1. The summed E-state index contributed by atoms with van der Waals surface area (Å²) >= 11 is 1.60. The van der Waals surface area contributed by atoms with Crippen LogP contribution in [0.1, 0.15) is 12.8 Å². The zero-order chi connectivity index (χ0) is 16.8. The molecule has 6 nitrogen and oxygen atoms in total. The maximum absolute atomic E-state index is 12.1. The molecule has 24 heavy (non-hydrogen) atoms. The van der Waals surface area contributed by atoms with E-state index in [1.165, 1.54) is 0 Å². The summed E-state index contributed by atoms with van der Waals surface area (Å²) < 4.78 is 6.22. The minimum atomic E-state index is -0.151. The van der Waals surface area contributed by atoms with Gasteiger partial charge in [0.05, 0.1) is 15.7 Å². The van der Waals surface area contributed by atoms with Gasteiger partial charge in [0.2, 0.25) is 0 Å². The fraction of sp³-hybridized carbons (Fsp3) is 0.529. The van der Waals surface area contributed by atoms with Gasteiger partial charge >= 0.3 is 6.03 Å². The van der Waals surface area contributed by atoms with E-state index in [9.17, 15) is 4.79 Å². The van der Waals surface area contributed by atoms with Gasteiger partial charge in [-0.3, -0.25) is 0 Å². The van der Waals surface area contributed by atoms with Crippen LogP contribution in [0.5, 0.6) is 0 Å². The number of benzene rings is 1. The summed E-state index contributed by atoms with van der Waals surface area (Å²) in [5.41, 5.74) is 3.51. The van der Waals surface area contributed by atoms with Crippen LogP contribution in [0.2, 0.25) is 0 Å². The van der Waals surface area contributed by atoms with Gasteiger partial charge in [-0.1, -0.05) is 0 Å². The Hall–Kier alpha value is -1.70. The minimum absolute atomic E-state index is 0.151. The number of aromatic nitrogens is 1. The fourth-order valence-electron chi connectivity index (χ4n) is 3.06. The van der Waals surface area contributed by atoms with Crippen LogP contribution in [-0.2, 0) is 4.74 Å². The molecular formula is C17H24N4O2S. The summed E-state index contributed by atoms with van der Waals surface area (Å²) in [7, 11) is 1.74. The highest BCUT2D eigenvalue weighted by Gasteiger charge is 2.22. The summed E-state index contributed by atoms with van der Waals surface area (Å²) in [5.74, 6) is 0.527. The molecule has 1 aromatic heterocycles. The van der Waals surface area contributed by atoms with Crippen LogP contribution in [0.3, 0.4) is 0 Å². The average Bonchev–Trinajstić information content (AvgIpc) is 3.22. The van der Waals surface area contributed by atoms with Gasteiger partial charge in [-0.25, -0.2) is 9.78 Å². The second kappa shape index (κ2) is 8.41. The Morgan fingerprint density at radius 3 is 3.29 bits per heavy atom. The predicted octanol–water partition coefficient (Wildman–Crippen LogP) is 2.78. The van der Waals surface area contributed by atoms with Gasteiger partial charge in [0, 0.05) is 39.0 Å². The smallest absolute Gasteiger partial charge is 0.319 e. The molecule has 0 unspecified atom stereocenters. The largest absolute Gasteiger partial charge is 0.385 e. The zero-order valence-electron chi connectivity index (χ0n) is 14.0. The molecule has 130 valence electrons. The Kier molecular flexibility index (Phi) is 6.01. The molecule has 2 heterocycles. The summed E-state index contributed by atoms with van der Waals surface area (Å²) in [6.45, 7) is 4.76. The van der Waals surface area contributed by atoms with E-state index in [2.05, 4.69) is 20.5 Å². The van der Waals surface area contributed by atoms with Crippen molar-refractivity contribution in [2.45, 2.75) is 12.8 Å². The molecule has 1 fully saturated rings. The number of hydrogen-bond acceptors (Lipinski definition) is 5. The summed E-state index contributed by atoms with van der Waals surface area (Å²) in [6.07, 6.45) is 2.20. The molecule has 1 aromatic carbocycles. The van der Waals surface area contributed by atoms with Crippen molar-refractivity contribution < 1.29 is 9.53 Å². The maximum atomic E-state index is 12.1. The van der Waals surface area contributed by atoms with Crippen molar-refractivity contribution in [2.24, 2.45) is 5.92 Å². The minimum Gasteiger partial charge on any atom is -0.385 e. The number of urea groups is 1. The van der Waals surface area contributed by atoms with Gasteiger partial charge in [-0.05, 0) is 43.5 Å². The second-order valence-electron chi connectivity index (χ2n) is 6.17. The number of amides is 2. The lowest BCUT2D eigenvalue weighted by molar-refractivity contribution is 0.178. The van der Waals surface area contributed by atoms with Crippen molar-refractivity contribution in [3.63, 3.8) is 0 Å². The monoisotopic (exact) mass is 348 g/mol. The number of carbonyl (C=O) groups excluding carboxylic acids is 1. The molecule has 0 aliphatic carbocycles. The SMILES string of the molecule is COCCCN1CC[C@H](CNC(=O)Nc2ccc3scnc3c2)C1. The van der Waals surface area contributed by atoms with E-state index in [1.807, 2.05) is 23.7 Å². The van der Waals surface area contributed by atoms with Gasteiger partial charge in [-0.15, -0.1) is 11.3 Å². The van der Waals surface area contributed by atoms with Gasteiger partial charge in [0.1, 0.15) is 0 Å². The normalized spacial score (nSPS) is 18.1. The van der Waals surface area contributed by atoms with Crippen LogP contribution in [0.4, 0.5) is 10.5 Å². The molecule has 1 atom stereocenters. The molecule has 7 heteroatoms. The van der Waals surface area contributed by atoms with Crippen LogP contribution < -0.4 is 10.6 Å². The topological polar surface area (TPSA) is 66.5 Å². The summed E-state index contributed by atoms with van der Waals surface area (Å²) in [6, 6.07) is 5.64. The van der Waals surface area contributed by atoms with E-state index in [-0.39, 0.29) is 6.03 Å². The van der Waals surface area contributed by atoms with Gasteiger partial charge in [0.15, 0.2) is 0 Å². The Morgan fingerprint density at radius 1 is 1.50 bits per heavy atom. The van der Waals surface area contributed by atoms with Gasteiger partial charge < -0.3 is 20.3 Å². The lowest BCUT2D eigenvalue weighted by atomic mass is 10.1. The molecule has 2 amide bonds. The Bertz CT molecular complexity index is 675. The molecule has 0 saturated carbocycles. The maximum Gasteiger partial charge on any atom is 0.319 e. The number of hydrogen-bond donors (Lipinski definition) is 2. The first-order valence-corrected chi connectivity index (χ1v) is 9.22. The second-order valence-corrected chi connectivity index (χ2v) is 7.06. The quantitative estimate of drug-likeness (QED) is 0.755. The van der Waals surface area contributed by atoms with Crippen molar-refractivity contribution in [1.29, 1.82) is 0 Å². The lowest BCUT2D eigenvalue weighted by Crippen LogP contribution is -2.34. The molecule has 2 aromatic rings. The van der Waals surface area contributed by atoms with E-state index < -0.39 is 0 Å². The van der Waals surface area contributed by atoms with Crippen LogP contribution in [0.25, 0.3) is 10.2 Å². The van der Waals surface area contributed by atoms with E-state index in [0.717, 1.165) is 55.0 Å². The molecule has 1 saturated heterocycles. The van der Waals surface area contributed by atoms with E-state index in [1.54, 1.807) is 18.4 Å². The summed E-state index contributed by atoms with van der Waals surface area (Å²) in [5, 5.41) is 5.87. The standard InChI is InChI=1S/C17H24N4O2S/c1-23-8-2-6-21-7-5-13(11-21)10-18-17(22)20-14-3-4-16-15(9-14)19-12-24-16/h3-4,9,12-13H,2,5-8,10-11H2,1H3,(H2,18,20,22)/t13-/m1/s1.